The number of benzene rings is 3. The average Bonchev–Trinajstić information content (AvgIpc) is 3.83. The molecule has 3 aliphatic rings. The van der Waals surface area contributed by atoms with Crippen LogP contribution in [0.2, 0.25) is 5.02 Å². The lowest BCUT2D eigenvalue weighted by Gasteiger charge is -2.38. The van der Waals surface area contributed by atoms with Crippen molar-refractivity contribution in [1.82, 2.24) is 10.3 Å². The molecule has 264 valence electrons. The van der Waals surface area contributed by atoms with Gasteiger partial charge in [0.1, 0.15) is 22.1 Å². The number of aromatic nitrogens is 1. The summed E-state index contributed by atoms with van der Waals surface area (Å²) >= 11 is 7.93. The molecule has 1 spiro atoms. The minimum absolute atomic E-state index is 0.00287. The van der Waals surface area contributed by atoms with Crippen molar-refractivity contribution >= 4 is 61.7 Å². The lowest BCUT2D eigenvalue weighted by Crippen LogP contribution is -2.53. The van der Waals surface area contributed by atoms with Gasteiger partial charge in [-0.1, -0.05) is 48.1 Å². The monoisotopic (exact) mass is 733 g/mol. The zero-order chi connectivity index (χ0) is 36.0. The Morgan fingerprint density at radius 2 is 1.84 bits per heavy atom. The molecule has 3 N–H and O–H groups in total. The first kappa shape index (κ1) is 34.1. The Morgan fingerprint density at radius 1 is 1.08 bits per heavy atom. The molecular formula is C36H32ClN3O10S. The molecule has 1 aromatic heterocycles. The van der Waals surface area contributed by atoms with Gasteiger partial charge in [0.05, 0.1) is 24.4 Å². The van der Waals surface area contributed by atoms with Crippen LogP contribution in [0.4, 0.5) is 5.13 Å². The fraction of sp³-hybridized carbons (Fsp3) is 0.306. The first-order valence-corrected chi connectivity index (χ1v) is 17.2. The first-order chi connectivity index (χ1) is 24.5. The number of hydrogen-bond donors (Lipinski definition) is 3. The number of anilines is 1. The van der Waals surface area contributed by atoms with Gasteiger partial charge in [0, 0.05) is 49.3 Å². The Labute approximate surface area is 300 Å². The molecule has 13 nitrogen and oxygen atoms in total. The molecule has 0 saturated heterocycles. The number of fused-ring (bicyclic) bond motifs is 3. The second kappa shape index (κ2) is 13.4. The number of methoxy groups -OCH3 is 2. The van der Waals surface area contributed by atoms with Crippen LogP contribution in [0.3, 0.4) is 0 Å². The number of thiazole rings is 1. The molecule has 4 aromatic rings. The standard InChI is InChI=1S/C36H32ClN3O10S/c1-17-12-21(41)29(33(44)36(17)34(45)30-24(46-2)15-25(47-3)31(37)32(30)50-36)19(18-8-9-22-23(13-18)49-16-48-22)14-28(43)38-11-10-27(42)40-35-39-20-6-4-5-7-26(20)51-35/h4-9,13,15,17,19,44H,10-12,14,16H2,1-3H3,(H,38,43)(H,39,40,42). The number of Topliss-reactive ketones (excluding diaryl/α,β-unsaturated/α-hetero) is 2. The van der Waals surface area contributed by atoms with Crippen molar-refractivity contribution in [2.24, 2.45) is 5.92 Å². The summed E-state index contributed by atoms with van der Waals surface area (Å²) in [5, 5.41) is 18.1. The number of carbonyl (C=O) groups excluding carboxylic acids is 4. The first-order valence-electron chi connectivity index (χ1n) is 16.0. The predicted octanol–water partition coefficient (Wildman–Crippen LogP) is 5.75. The number of ketones is 2. The molecule has 0 bridgehead atoms. The van der Waals surface area contributed by atoms with Gasteiger partial charge in [-0.3, -0.25) is 19.2 Å². The third kappa shape index (κ3) is 5.87. The van der Waals surface area contributed by atoms with E-state index in [2.05, 4.69) is 15.6 Å². The second-order valence-corrected chi connectivity index (χ2v) is 13.7. The third-order valence-corrected chi connectivity index (χ3v) is 10.6. The Bertz CT molecular complexity index is 2120. The highest BCUT2D eigenvalue weighted by Gasteiger charge is 2.61. The summed E-state index contributed by atoms with van der Waals surface area (Å²) in [6.07, 6.45) is -0.560. The maximum Gasteiger partial charge on any atom is 0.231 e. The third-order valence-electron chi connectivity index (χ3n) is 9.26. The zero-order valence-electron chi connectivity index (χ0n) is 27.7. The van der Waals surface area contributed by atoms with Crippen LogP contribution in [-0.4, -0.2) is 66.6 Å². The van der Waals surface area contributed by atoms with E-state index < -0.39 is 40.7 Å². The highest BCUT2D eigenvalue weighted by Crippen LogP contribution is 2.56. The van der Waals surface area contributed by atoms with Gasteiger partial charge in [-0.2, -0.15) is 0 Å². The summed E-state index contributed by atoms with van der Waals surface area (Å²) in [5.74, 6) is -3.39. The number of hydrogen-bond acceptors (Lipinski definition) is 12. The number of nitrogens with zero attached hydrogens (tertiary/aromatic N) is 1. The molecule has 2 amide bonds. The molecule has 0 fully saturated rings. The highest BCUT2D eigenvalue weighted by atomic mass is 35.5. The molecule has 51 heavy (non-hydrogen) atoms. The van der Waals surface area contributed by atoms with Crippen LogP contribution in [0, 0.1) is 5.92 Å². The quantitative estimate of drug-likeness (QED) is 0.181. The van der Waals surface area contributed by atoms with Crippen molar-refractivity contribution in [3.63, 3.8) is 0 Å². The van der Waals surface area contributed by atoms with E-state index in [4.69, 9.17) is 35.3 Å². The summed E-state index contributed by atoms with van der Waals surface area (Å²) in [4.78, 5) is 58.8. The molecular weight excluding hydrogens is 702 g/mol. The maximum absolute atomic E-state index is 14.3. The number of aliphatic hydroxyl groups excluding tert-OH is 1. The smallest absolute Gasteiger partial charge is 0.231 e. The summed E-state index contributed by atoms with van der Waals surface area (Å²) in [6.45, 7) is 1.59. The van der Waals surface area contributed by atoms with E-state index in [9.17, 15) is 24.3 Å². The number of nitrogens with one attached hydrogen (secondary N) is 2. The summed E-state index contributed by atoms with van der Waals surface area (Å²) in [6, 6.07) is 13.9. The molecule has 7 rings (SSSR count). The Balaban J connectivity index is 1.18. The van der Waals surface area contributed by atoms with E-state index >= 15 is 0 Å². The predicted molar refractivity (Wildman–Crippen MR) is 186 cm³/mol. The molecule has 2 aliphatic heterocycles. The van der Waals surface area contributed by atoms with Crippen LogP contribution in [0.5, 0.6) is 28.7 Å². The van der Waals surface area contributed by atoms with Gasteiger partial charge in [-0.25, -0.2) is 4.98 Å². The van der Waals surface area contributed by atoms with Crippen molar-refractivity contribution in [2.75, 3.05) is 32.9 Å². The molecule has 0 radical (unpaired) electrons. The van der Waals surface area contributed by atoms with Crippen molar-refractivity contribution < 1.29 is 48.0 Å². The fourth-order valence-electron chi connectivity index (χ4n) is 6.74. The minimum Gasteiger partial charge on any atom is -0.507 e. The summed E-state index contributed by atoms with van der Waals surface area (Å²) < 4.78 is 29.1. The van der Waals surface area contributed by atoms with Crippen molar-refractivity contribution in [1.29, 1.82) is 0 Å². The van der Waals surface area contributed by atoms with Crippen LogP contribution < -0.4 is 34.3 Å². The van der Waals surface area contributed by atoms with Crippen LogP contribution in [0.15, 0.2) is 59.9 Å². The van der Waals surface area contributed by atoms with Crippen molar-refractivity contribution in [2.45, 2.75) is 37.7 Å². The molecule has 3 heterocycles. The number of halogens is 1. The normalized spacial score (nSPS) is 19.6. The number of amides is 2. The van der Waals surface area contributed by atoms with Gasteiger partial charge in [0.25, 0.3) is 0 Å². The Kier molecular flexibility index (Phi) is 8.98. The second-order valence-electron chi connectivity index (χ2n) is 12.3. The number of carbonyl (C=O) groups is 4. The molecule has 1 aliphatic carbocycles. The number of para-hydroxylation sites is 1. The van der Waals surface area contributed by atoms with Gasteiger partial charge in [-0.15, -0.1) is 0 Å². The maximum atomic E-state index is 14.3. The van der Waals surface area contributed by atoms with Gasteiger partial charge in [-0.05, 0) is 29.8 Å². The van der Waals surface area contributed by atoms with E-state index in [1.54, 1.807) is 25.1 Å². The van der Waals surface area contributed by atoms with E-state index in [1.165, 1.54) is 31.6 Å². The topological polar surface area (TPSA) is 172 Å². The lowest BCUT2D eigenvalue weighted by molar-refractivity contribution is -0.121. The largest absolute Gasteiger partial charge is 0.507 e. The van der Waals surface area contributed by atoms with Gasteiger partial charge >= 0.3 is 0 Å². The SMILES string of the molecule is COc1cc(OC)c2c(c1Cl)OC1(C2=O)C(O)=C(C(CC(=O)NCCC(=O)Nc2nc3ccccc3s2)c2ccc3c(c2)OCO3)C(=O)CC1C. The van der Waals surface area contributed by atoms with Crippen molar-refractivity contribution in [3.8, 4) is 28.7 Å². The van der Waals surface area contributed by atoms with E-state index in [0.29, 0.717) is 22.2 Å². The molecule has 3 unspecified atom stereocenters. The Morgan fingerprint density at radius 3 is 2.61 bits per heavy atom. The lowest BCUT2D eigenvalue weighted by atomic mass is 9.69. The van der Waals surface area contributed by atoms with Crippen LogP contribution in [0.25, 0.3) is 10.2 Å². The van der Waals surface area contributed by atoms with Crippen LogP contribution in [-0.2, 0) is 14.4 Å². The van der Waals surface area contributed by atoms with Crippen LogP contribution in [0.1, 0.15) is 48.0 Å². The van der Waals surface area contributed by atoms with Gasteiger partial charge in [0.2, 0.25) is 30.0 Å². The zero-order valence-corrected chi connectivity index (χ0v) is 29.2. The van der Waals surface area contributed by atoms with Crippen molar-refractivity contribution in [3.05, 3.63) is 76.0 Å². The minimum atomic E-state index is -2.04. The van der Waals surface area contributed by atoms with Crippen LogP contribution >= 0.6 is 22.9 Å². The molecule has 3 atom stereocenters. The summed E-state index contributed by atoms with van der Waals surface area (Å²) in [7, 11) is 2.77. The van der Waals surface area contributed by atoms with E-state index in [1.807, 2.05) is 24.3 Å². The molecule has 15 heteroatoms. The summed E-state index contributed by atoms with van der Waals surface area (Å²) in [5.41, 5.74) is -1.00. The van der Waals surface area contributed by atoms with E-state index in [-0.39, 0.29) is 71.9 Å². The molecule has 3 aromatic carbocycles. The highest BCUT2D eigenvalue weighted by molar-refractivity contribution is 7.22. The van der Waals surface area contributed by atoms with Gasteiger partial charge in [0.15, 0.2) is 33.9 Å². The number of ether oxygens (including phenoxy) is 5. The van der Waals surface area contributed by atoms with E-state index in [0.717, 1.165) is 10.2 Å². The van der Waals surface area contributed by atoms with Gasteiger partial charge < -0.3 is 39.4 Å². The average molecular weight is 734 g/mol. The Hall–Kier alpha value is -5.34. The number of aliphatic hydroxyl groups is 1. The fourth-order valence-corrected chi connectivity index (χ4v) is 7.88. The number of allylic oxidation sites excluding steroid dienone is 1. The molecule has 0 saturated carbocycles. The number of rotatable bonds is 10.